The summed E-state index contributed by atoms with van der Waals surface area (Å²) in [5.74, 6) is -0.546. The van der Waals surface area contributed by atoms with E-state index in [0.29, 0.717) is 11.1 Å². The van der Waals surface area contributed by atoms with Crippen LogP contribution in [0.15, 0.2) is 46.9 Å². The molecule has 0 saturated heterocycles. The van der Waals surface area contributed by atoms with E-state index < -0.39 is 10.7 Å². The predicted octanol–water partition coefficient (Wildman–Crippen LogP) is 3.54. The normalized spacial score (nSPS) is 10.8. The highest BCUT2D eigenvalue weighted by Gasteiger charge is 2.20. The second-order valence-electron chi connectivity index (χ2n) is 3.91. The van der Waals surface area contributed by atoms with Gasteiger partial charge in [-0.25, -0.2) is 9.37 Å². The fourth-order valence-electron chi connectivity index (χ4n) is 1.83. The van der Waals surface area contributed by atoms with Gasteiger partial charge in [-0.05, 0) is 24.3 Å². The SMILES string of the molecule is O=[N+]([O-])c1ccc(F)cc1-c1nc2ccccc2o1. The second-order valence-corrected chi connectivity index (χ2v) is 3.91. The van der Waals surface area contributed by atoms with Crippen LogP contribution in [0.3, 0.4) is 0 Å². The number of aromatic nitrogens is 1. The summed E-state index contributed by atoms with van der Waals surface area (Å²) in [6.45, 7) is 0. The number of benzene rings is 2. The minimum atomic E-state index is -0.594. The van der Waals surface area contributed by atoms with E-state index in [1.165, 1.54) is 0 Å². The molecule has 0 unspecified atom stereocenters. The van der Waals surface area contributed by atoms with Crippen LogP contribution in [0.4, 0.5) is 10.1 Å². The van der Waals surface area contributed by atoms with Crippen LogP contribution in [0.25, 0.3) is 22.6 Å². The van der Waals surface area contributed by atoms with Crippen molar-refractivity contribution in [3.63, 3.8) is 0 Å². The maximum atomic E-state index is 13.3. The van der Waals surface area contributed by atoms with Gasteiger partial charge in [0.1, 0.15) is 16.9 Å². The summed E-state index contributed by atoms with van der Waals surface area (Å²) in [4.78, 5) is 14.5. The van der Waals surface area contributed by atoms with Gasteiger partial charge in [-0.1, -0.05) is 12.1 Å². The molecule has 0 spiro atoms. The Morgan fingerprint density at radius 2 is 2.00 bits per heavy atom. The van der Waals surface area contributed by atoms with E-state index in [0.717, 1.165) is 18.2 Å². The summed E-state index contributed by atoms with van der Waals surface area (Å²) >= 11 is 0. The zero-order valence-corrected chi connectivity index (χ0v) is 9.54. The first-order valence-corrected chi connectivity index (χ1v) is 5.45. The Morgan fingerprint density at radius 1 is 1.21 bits per heavy atom. The van der Waals surface area contributed by atoms with Crippen molar-refractivity contribution in [2.75, 3.05) is 0 Å². The monoisotopic (exact) mass is 258 g/mol. The van der Waals surface area contributed by atoms with E-state index in [2.05, 4.69) is 4.98 Å². The Labute approximate surface area is 106 Å². The van der Waals surface area contributed by atoms with Crippen molar-refractivity contribution in [2.45, 2.75) is 0 Å². The standard InChI is InChI=1S/C13H7FN2O3/c14-8-5-6-11(16(17)18)9(7-8)13-15-10-3-1-2-4-12(10)19-13/h1-7H. The molecule has 1 heterocycles. The average Bonchev–Trinajstić information content (AvgIpc) is 2.81. The zero-order valence-electron chi connectivity index (χ0n) is 9.54. The third-order valence-corrected chi connectivity index (χ3v) is 2.68. The molecule has 0 fully saturated rings. The minimum absolute atomic E-state index is 0.0289. The van der Waals surface area contributed by atoms with Crippen LogP contribution in [0, 0.1) is 15.9 Å². The topological polar surface area (TPSA) is 69.2 Å². The highest BCUT2D eigenvalue weighted by molar-refractivity contribution is 5.78. The number of halogens is 1. The molecule has 19 heavy (non-hydrogen) atoms. The number of rotatable bonds is 2. The molecule has 3 aromatic rings. The van der Waals surface area contributed by atoms with Crippen molar-refractivity contribution in [3.05, 3.63) is 58.4 Å². The van der Waals surface area contributed by atoms with Gasteiger partial charge in [0.2, 0.25) is 5.89 Å². The number of hydrogen-bond donors (Lipinski definition) is 0. The summed E-state index contributed by atoms with van der Waals surface area (Å²) in [5, 5.41) is 10.9. The van der Waals surface area contributed by atoms with Crippen LogP contribution in [0.5, 0.6) is 0 Å². The molecular weight excluding hydrogens is 251 g/mol. The Kier molecular flexibility index (Phi) is 2.49. The number of nitrogens with zero attached hydrogens (tertiary/aromatic N) is 2. The summed E-state index contributed by atoms with van der Waals surface area (Å²) in [6.07, 6.45) is 0. The van der Waals surface area contributed by atoms with Crippen LogP contribution in [0.2, 0.25) is 0 Å². The van der Waals surface area contributed by atoms with Crippen molar-refractivity contribution in [3.8, 4) is 11.5 Å². The van der Waals surface area contributed by atoms with E-state index >= 15 is 0 Å². The zero-order chi connectivity index (χ0) is 13.4. The fourth-order valence-corrected chi connectivity index (χ4v) is 1.83. The quantitative estimate of drug-likeness (QED) is 0.520. The molecule has 1 aromatic heterocycles. The largest absolute Gasteiger partial charge is 0.436 e. The number of oxazole rings is 1. The van der Waals surface area contributed by atoms with Crippen LogP contribution < -0.4 is 0 Å². The molecule has 3 rings (SSSR count). The lowest BCUT2D eigenvalue weighted by Crippen LogP contribution is -1.93. The van der Waals surface area contributed by atoms with Crippen molar-refractivity contribution in [1.29, 1.82) is 0 Å². The molecule has 0 N–H and O–H groups in total. The lowest BCUT2D eigenvalue weighted by molar-refractivity contribution is -0.384. The van der Waals surface area contributed by atoms with Gasteiger partial charge in [0.15, 0.2) is 5.58 Å². The molecule has 0 aliphatic heterocycles. The third-order valence-electron chi connectivity index (χ3n) is 2.68. The van der Waals surface area contributed by atoms with E-state index in [4.69, 9.17) is 4.42 Å². The first kappa shape index (κ1) is 11.3. The van der Waals surface area contributed by atoms with Crippen LogP contribution in [-0.4, -0.2) is 9.91 Å². The van der Waals surface area contributed by atoms with Gasteiger partial charge >= 0.3 is 0 Å². The number of para-hydroxylation sites is 2. The molecule has 5 nitrogen and oxygen atoms in total. The third kappa shape index (κ3) is 1.93. The van der Waals surface area contributed by atoms with Gasteiger partial charge < -0.3 is 4.42 Å². The first-order valence-electron chi connectivity index (χ1n) is 5.45. The minimum Gasteiger partial charge on any atom is -0.436 e. The average molecular weight is 258 g/mol. The Morgan fingerprint density at radius 3 is 2.74 bits per heavy atom. The van der Waals surface area contributed by atoms with Crippen LogP contribution in [-0.2, 0) is 0 Å². The molecule has 0 radical (unpaired) electrons. The molecule has 0 saturated carbocycles. The van der Waals surface area contributed by atoms with Crippen LogP contribution in [0.1, 0.15) is 0 Å². The van der Waals surface area contributed by atoms with Crippen molar-refractivity contribution >= 4 is 16.8 Å². The molecule has 0 aliphatic rings. The lowest BCUT2D eigenvalue weighted by Gasteiger charge is -1.98. The van der Waals surface area contributed by atoms with Gasteiger partial charge in [-0.3, -0.25) is 10.1 Å². The molecule has 0 aliphatic carbocycles. The van der Waals surface area contributed by atoms with Crippen molar-refractivity contribution in [2.24, 2.45) is 0 Å². The first-order chi connectivity index (χ1) is 9.15. The summed E-state index contributed by atoms with van der Waals surface area (Å²) in [7, 11) is 0. The van der Waals surface area contributed by atoms with E-state index in [1.54, 1.807) is 24.3 Å². The summed E-state index contributed by atoms with van der Waals surface area (Å²) in [5.41, 5.74) is 0.848. The molecule has 0 amide bonds. The number of hydrogen-bond acceptors (Lipinski definition) is 4. The Balaban J connectivity index is 2.25. The number of nitro groups is 1. The van der Waals surface area contributed by atoms with Gasteiger partial charge in [-0.2, -0.15) is 0 Å². The second kappa shape index (κ2) is 4.16. The highest BCUT2D eigenvalue weighted by atomic mass is 19.1. The van der Waals surface area contributed by atoms with E-state index in [9.17, 15) is 14.5 Å². The smallest absolute Gasteiger partial charge is 0.282 e. The van der Waals surface area contributed by atoms with Crippen molar-refractivity contribution in [1.82, 2.24) is 4.98 Å². The molecule has 0 atom stereocenters. The lowest BCUT2D eigenvalue weighted by atomic mass is 10.2. The summed E-state index contributed by atoms with van der Waals surface area (Å²) < 4.78 is 18.7. The van der Waals surface area contributed by atoms with Gasteiger partial charge in [0.05, 0.1) is 4.92 Å². The maximum absolute atomic E-state index is 13.3. The Bertz CT molecular complexity index is 749. The van der Waals surface area contributed by atoms with E-state index in [1.807, 2.05) is 0 Å². The van der Waals surface area contributed by atoms with Gasteiger partial charge in [0, 0.05) is 6.07 Å². The van der Waals surface area contributed by atoms with Crippen molar-refractivity contribution < 1.29 is 13.7 Å². The highest BCUT2D eigenvalue weighted by Crippen LogP contribution is 2.31. The molecule has 94 valence electrons. The van der Waals surface area contributed by atoms with Gasteiger partial charge in [-0.15, -0.1) is 0 Å². The Hall–Kier alpha value is -2.76. The molecule has 2 aromatic carbocycles. The van der Waals surface area contributed by atoms with E-state index in [-0.39, 0.29) is 17.1 Å². The fraction of sp³-hybridized carbons (Fsp3) is 0. The summed E-state index contributed by atoms with van der Waals surface area (Å²) in [6, 6.07) is 10.1. The molecular formula is C13H7FN2O3. The van der Waals surface area contributed by atoms with Crippen LogP contribution >= 0.6 is 0 Å². The predicted molar refractivity (Wildman–Crippen MR) is 66.1 cm³/mol. The molecule has 6 heteroatoms. The molecule has 0 bridgehead atoms. The maximum Gasteiger partial charge on any atom is 0.282 e. The number of nitro benzene ring substituents is 1. The number of fused-ring (bicyclic) bond motifs is 1. The van der Waals surface area contributed by atoms with Gasteiger partial charge in [0.25, 0.3) is 5.69 Å².